The van der Waals surface area contributed by atoms with Crippen LogP contribution in [0.3, 0.4) is 0 Å². The van der Waals surface area contributed by atoms with Crippen LogP contribution in [0.2, 0.25) is 0 Å². The fraction of sp³-hybridized carbons (Fsp3) is 0.923. The number of nitrogens with zero attached hydrogens (tertiary/aromatic N) is 1. The Morgan fingerprint density at radius 2 is 2.24 bits per heavy atom. The Bertz CT molecular complexity index is 233. The third-order valence-corrected chi connectivity index (χ3v) is 3.53. The molecule has 17 heavy (non-hydrogen) atoms. The standard InChI is InChI=1S/C13H26N2O2/c1-4-17-13(16)12(14-3)10-15-9-7-5-6-8-11(15)2/h11-12,14H,4-10H2,1-3H3. The highest BCUT2D eigenvalue weighted by Crippen LogP contribution is 2.16. The molecule has 0 aromatic rings. The lowest BCUT2D eigenvalue weighted by Crippen LogP contribution is -2.48. The van der Waals surface area contributed by atoms with Gasteiger partial charge in [0.1, 0.15) is 6.04 Å². The summed E-state index contributed by atoms with van der Waals surface area (Å²) in [5.41, 5.74) is 0. The maximum absolute atomic E-state index is 11.7. The smallest absolute Gasteiger partial charge is 0.324 e. The minimum absolute atomic E-state index is 0.133. The minimum atomic E-state index is -0.199. The second-order valence-corrected chi connectivity index (χ2v) is 4.79. The van der Waals surface area contributed by atoms with Gasteiger partial charge >= 0.3 is 5.97 Å². The largest absolute Gasteiger partial charge is 0.465 e. The normalized spacial score (nSPS) is 24.1. The summed E-state index contributed by atoms with van der Waals surface area (Å²) in [6.45, 7) is 6.41. The second-order valence-electron chi connectivity index (χ2n) is 4.79. The molecular formula is C13H26N2O2. The molecule has 1 aliphatic rings. The maximum Gasteiger partial charge on any atom is 0.324 e. The van der Waals surface area contributed by atoms with Crippen LogP contribution in [0.15, 0.2) is 0 Å². The van der Waals surface area contributed by atoms with E-state index in [1.807, 2.05) is 14.0 Å². The van der Waals surface area contributed by atoms with E-state index in [9.17, 15) is 4.79 Å². The van der Waals surface area contributed by atoms with E-state index in [1.165, 1.54) is 25.7 Å². The summed E-state index contributed by atoms with van der Waals surface area (Å²) >= 11 is 0. The maximum atomic E-state index is 11.7. The van der Waals surface area contributed by atoms with Crippen molar-refractivity contribution in [1.82, 2.24) is 10.2 Å². The average molecular weight is 242 g/mol. The quantitative estimate of drug-likeness (QED) is 0.740. The molecule has 0 aromatic heterocycles. The monoisotopic (exact) mass is 242 g/mol. The minimum Gasteiger partial charge on any atom is -0.465 e. The molecule has 0 spiro atoms. The van der Waals surface area contributed by atoms with Crippen LogP contribution in [0.5, 0.6) is 0 Å². The van der Waals surface area contributed by atoms with Gasteiger partial charge in [0.05, 0.1) is 6.61 Å². The number of hydrogen-bond donors (Lipinski definition) is 1. The number of likely N-dealkylation sites (N-methyl/N-ethyl adjacent to an activating group) is 1. The zero-order chi connectivity index (χ0) is 12.7. The van der Waals surface area contributed by atoms with E-state index in [0.717, 1.165) is 13.1 Å². The number of hydrogen-bond acceptors (Lipinski definition) is 4. The zero-order valence-corrected chi connectivity index (χ0v) is 11.4. The van der Waals surface area contributed by atoms with Gasteiger partial charge < -0.3 is 10.1 Å². The summed E-state index contributed by atoms with van der Waals surface area (Å²) in [4.78, 5) is 14.1. The third-order valence-electron chi connectivity index (χ3n) is 3.53. The van der Waals surface area contributed by atoms with Gasteiger partial charge in [-0.25, -0.2) is 0 Å². The lowest BCUT2D eigenvalue weighted by atomic mass is 10.1. The molecule has 0 radical (unpaired) electrons. The first-order chi connectivity index (χ1) is 8.19. The SMILES string of the molecule is CCOC(=O)C(CN1CCCCCC1C)NC. The Labute approximate surface area is 105 Å². The molecule has 0 aromatic carbocycles. The molecule has 1 rings (SSSR count). The van der Waals surface area contributed by atoms with Gasteiger partial charge in [-0.15, -0.1) is 0 Å². The summed E-state index contributed by atoms with van der Waals surface area (Å²) in [5, 5.41) is 3.06. The van der Waals surface area contributed by atoms with Crippen LogP contribution in [-0.2, 0) is 9.53 Å². The topological polar surface area (TPSA) is 41.6 Å². The Hall–Kier alpha value is -0.610. The molecule has 1 heterocycles. The number of rotatable bonds is 5. The van der Waals surface area contributed by atoms with Crippen molar-refractivity contribution in [2.75, 3.05) is 26.7 Å². The molecule has 1 fully saturated rings. The Balaban J connectivity index is 2.50. The Morgan fingerprint density at radius 1 is 1.47 bits per heavy atom. The molecule has 1 saturated heterocycles. The van der Waals surface area contributed by atoms with E-state index in [0.29, 0.717) is 12.6 Å². The fourth-order valence-electron chi connectivity index (χ4n) is 2.37. The van der Waals surface area contributed by atoms with Crippen molar-refractivity contribution < 1.29 is 9.53 Å². The van der Waals surface area contributed by atoms with Gasteiger partial charge in [-0.05, 0) is 40.3 Å². The predicted octanol–water partition coefficient (Wildman–Crippen LogP) is 1.40. The third kappa shape index (κ3) is 4.64. The molecule has 2 atom stereocenters. The van der Waals surface area contributed by atoms with Crippen molar-refractivity contribution in [3.63, 3.8) is 0 Å². The number of nitrogens with one attached hydrogen (secondary N) is 1. The number of carbonyl (C=O) groups is 1. The van der Waals surface area contributed by atoms with Crippen LogP contribution in [0, 0.1) is 0 Å². The van der Waals surface area contributed by atoms with E-state index in [1.54, 1.807) is 0 Å². The molecule has 1 aliphatic heterocycles. The van der Waals surface area contributed by atoms with Gasteiger partial charge in [-0.3, -0.25) is 9.69 Å². The highest BCUT2D eigenvalue weighted by molar-refractivity contribution is 5.76. The van der Waals surface area contributed by atoms with Crippen molar-refractivity contribution in [1.29, 1.82) is 0 Å². The van der Waals surface area contributed by atoms with E-state index >= 15 is 0 Å². The van der Waals surface area contributed by atoms with Crippen molar-refractivity contribution >= 4 is 5.97 Å². The van der Waals surface area contributed by atoms with Gasteiger partial charge in [0, 0.05) is 12.6 Å². The molecule has 1 N–H and O–H groups in total. The van der Waals surface area contributed by atoms with Crippen LogP contribution in [0.4, 0.5) is 0 Å². The molecule has 4 heteroatoms. The number of ether oxygens (including phenoxy) is 1. The molecule has 0 bridgehead atoms. The molecule has 2 unspecified atom stereocenters. The van der Waals surface area contributed by atoms with Crippen LogP contribution in [0.1, 0.15) is 39.5 Å². The molecular weight excluding hydrogens is 216 g/mol. The lowest BCUT2D eigenvalue weighted by Gasteiger charge is -2.29. The molecule has 100 valence electrons. The lowest BCUT2D eigenvalue weighted by molar-refractivity contribution is -0.146. The van der Waals surface area contributed by atoms with Gasteiger partial charge in [0.25, 0.3) is 0 Å². The van der Waals surface area contributed by atoms with Crippen LogP contribution in [0.25, 0.3) is 0 Å². The highest BCUT2D eigenvalue weighted by Gasteiger charge is 2.24. The van der Waals surface area contributed by atoms with E-state index in [4.69, 9.17) is 4.74 Å². The predicted molar refractivity (Wildman–Crippen MR) is 69.0 cm³/mol. The molecule has 4 nitrogen and oxygen atoms in total. The number of carbonyl (C=O) groups excluding carboxylic acids is 1. The first-order valence-corrected chi connectivity index (χ1v) is 6.77. The van der Waals surface area contributed by atoms with Gasteiger partial charge in [-0.1, -0.05) is 12.8 Å². The first kappa shape index (κ1) is 14.5. The van der Waals surface area contributed by atoms with Crippen molar-refractivity contribution in [2.24, 2.45) is 0 Å². The van der Waals surface area contributed by atoms with Crippen LogP contribution < -0.4 is 5.32 Å². The van der Waals surface area contributed by atoms with Crippen LogP contribution >= 0.6 is 0 Å². The summed E-state index contributed by atoms with van der Waals surface area (Å²) in [5.74, 6) is -0.133. The zero-order valence-electron chi connectivity index (χ0n) is 11.4. The van der Waals surface area contributed by atoms with Gasteiger partial charge in [0.2, 0.25) is 0 Å². The van der Waals surface area contributed by atoms with E-state index < -0.39 is 0 Å². The van der Waals surface area contributed by atoms with Gasteiger partial charge in [-0.2, -0.15) is 0 Å². The van der Waals surface area contributed by atoms with Crippen molar-refractivity contribution in [3.8, 4) is 0 Å². The molecule has 0 aliphatic carbocycles. The summed E-state index contributed by atoms with van der Waals surface area (Å²) in [6, 6.07) is 0.373. The van der Waals surface area contributed by atoms with Crippen molar-refractivity contribution in [2.45, 2.75) is 51.6 Å². The molecule has 0 saturated carbocycles. The van der Waals surface area contributed by atoms with Crippen LogP contribution in [-0.4, -0.2) is 49.7 Å². The summed E-state index contributed by atoms with van der Waals surface area (Å²) < 4.78 is 5.07. The second kappa shape index (κ2) is 7.67. The Morgan fingerprint density at radius 3 is 2.88 bits per heavy atom. The fourth-order valence-corrected chi connectivity index (χ4v) is 2.37. The average Bonchev–Trinajstić information content (AvgIpc) is 2.51. The van der Waals surface area contributed by atoms with Crippen molar-refractivity contribution in [3.05, 3.63) is 0 Å². The summed E-state index contributed by atoms with van der Waals surface area (Å²) in [7, 11) is 1.82. The van der Waals surface area contributed by atoms with Gasteiger partial charge in [0.15, 0.2) is 0 Å². The first-order valence-electron chi connectivity index (χ1n) is 6.77. The number of likely N-dealkylation sites (tertiary alicyclic amines) is 1. The summed E-state index contributed by atoms with van der Waals surface area (Å²) in [6.07, 6.45) is 5.09. The number of esters is 1. The highest BCUT2D eigenvalue weighted by atomic mass is 16.5. The molecule has 0 amide bonds. The van der Waals surface area contributed by atoms with E-state index in [2.05, 4.69) is 17.1 Å². The Kier molecular flexibility index (Phi) is 6.52. The van der Waals surface area contributed by atoms with E-state index in [-0.39, 0.29) is 12.0 Å².